The first-order valence-electron chi connectivity index (χ1n) is 23.2. The van der Waals surface area contributed by atoms with Gasteiger partial charge >= 0.3 is 11.9 Å². The van der Waals surface area contributed by atoms with E-state index in [1.54, 1.807) is 0 Å². The normalized spacial score (nSPS) is 11.9. The zero-order chi connectivity index (χ0) is 38.0. The van der Waals surface area contributed by atoms with E-state index in [-0.39, 0.29) is 24.5 Å². The zero-order valence-corrected chi connectivity index (χ0v) is 34.9. The number of aliphatic carboxylic acids is 1. The lowest BCUT2D eigenvalue weighted by molar-refractivity contribution is -0.150. The van der Waals surface area contributed by atoms with E-state index in [4.69, 9.17) is 9.84 Å². The summed E-state index contributed by atoms with van der Waals surface area (Å²) in [5.41, 5.74) is 0. The third-order valence-corrected chi connectivity index (χ3v) is 10.8. The molecule has 0 aliphatic heterocycles. The van der Waals surface area contributed by atoms with Crippen molar-refractivity contribution in [1.29, 1.82) is 0 Å². The highest BCUT2D eigenvalue weighted by Crippen LogP contribution is 2.20. The molecule has 0 bridgehead atoms. The number of amides is 1. The van der Waals surface area contributed by atoms with E-state index >= 15 is 0 Å². The molecular formula is C46H89NO5. The summed E-state index contributed by atoms with van der Waals surface area (Å²) in [5, 5.41) is 11.1. The largest absolute Gasteiger partial charge is 0.480 e. The van der Waals surface area contributed by atoms with Gasteiger partial charge in [0.25, 0.3) is 0 Å². The van der Waals surface area contributed by atoms with Crippen molar-refractivity contribution in [2.45, 2.75) is 270 Å². The molecule has 6 nitrogen and oxygen atoms in total. The summed E-state index contributed by atoms with van der Waals surface area (Å²) >= 11 is 0. The Bertz CT molecular complexity index is 772. The highest BCUT2D eigenvalue weighted by Gasteiger charge is 2.14. The molecular weight excluding hydrogens is 647 g/mol. The average Bonchev–Trinajstić information content (AvgIpc) is 3.13. The fourth-order valence-corrected chi connectivity index (χ4v) is 7.34. The van der Waals surface area contributed by atoms with Crippen LogP contribution in [-0.2, 0) is 19.1 Å². The standard InChI is InChI=1S/C46H89NO5/c1-3-5-7-9-11-13-15-17-19-20-22-24-26-28-33-37-41-46(51)52-43(39-35-31-29-32-36-40-44(48)47-42-45(49)50)38-34-30-27-25-23-21-18-16-14-12-10-8-6-4-2/h43H,3-42H2,1-2H3,(H,47,48)(H,49,50). The molecule has 0 saturated carbocycles. The van der Waals surface area contributed by atoms with E-state index in [1.807, 2.05) is 0 Å². The Balaban J connectivity index is 4.09. The van der Waals surface area contributed by atoms with Gasteiger partial charge < -0.3 is 15.2 Å². The van der Waals surface area contributed by atoms with Crippen molar-refractivity contribution in [1.82, 2.24) is 5.32 Å². The van der Waals surface area contributed by atoms with Crippen molar-refractivity contribution in [3.05, 3.63) is 0 Å². The van der Waals surface area contributed by atoms with Crippen LogP contribution in [0.1, 0.15) is 264 Å². The fraction of sp³-hybridized carbons (Fsp3) is 0.935. The van der Waals surface area contributed by atoms with Crippen molar-refractivity contribution in [3.8, 4) is 0 Å². The summed E-state index contributed by atoms with van der Waals surface area (Å²) in [6.07, 6.45) is 48.0. The minimum atomic E-state index is -1.01. The van der Waals surface area contributed by atoms with Crippen LogP contribution >= 0.6 is 0 Å². The Morgan fingerprint density at radius 2 is 0.712 bits per heavy atom. The van der Waals surface area contributed by atoms with E-state index in [9.17, 15) is 14.4 Å². The Hall–Kier alpha value is -1.59. The lowest BCUT2D eigenvalue weighted by Crippen LogP contribution is -2.28. The summed E-state index contributed by atoms with van der Waals surface area (Å²) in [7, 11) is 0. The first-order chi connectivity index (χ1) is 25.5. The second kappa shape index (κ2) is 42.2. The van der Waals surface area contributed by atoms with Crippen LogP contribution in [0.2, 0.25) is 0 Å². The van der Waals surface area contributed by atoms with Gasteiger partial charge in [0.05, 0.1) is 0 Å². The van der Waals surface area contributed by atoms with Crippen LogP contribution < -0.4 is 5.32 Å². The smallest absolute Gasteiger partial charge is 0.322 e. The monoisotopic (exact) mass is 736 g/mol. The maximum atomic E-state index is 12.8. The number of hydrogen-bond acceptors (Lipinski definition) is 4. The number of hydrogen-bond donors (Lipinski definition) is 2. The second-order valence-corrected chi connectivity index (χ2v) is 16.0. The van der Waals surface area contributed by atoms with Crippen LogP contribution in [0.3, 0.4) is 0 Å². The molecule has 2 N–H and O–H groups in total. The fourth-order valence-electron chi connectivity index (χ4n) is 7.34. The minimum Gasteiger partial charge on any atom is -0.480 e. The van der Waals surface area contributed by atoms with Crippen LogP contribution in [0.25, 0.3) is 0 Å². The predicted molar refractivity (Wildman–Crippen MR) is 222 cm³/mol. The number of ether oxygens (including phenoxy) is 1. The van der Waals surface area contributed by atoms with E-state index in [0.29, 0.717) is 12.8 Å². The van der Waals surface area contributed by atoms with Crippen molar-refractivity contribution in [3.63, 3.8) is 0 Å². The molecule has 1 atom stereocenters. The molecule has 1 unspecified atom stereocenters. The van der Waals surface area contributed by atoms with Gasteiger partial charge in [-0.15, -0.1) is 0 Å². The van der Waals surface area contributed by atoms with Gasteiger partial charge in [-0.1, -0.05) is 213 Å². The summed E-state index contributed by atoms with van der Waals surface area (Å²) in [5.74, 6) is -1.21. The van der Waals surface area contributed by atoms with Crippen LogP contribution in [0.5, 0.6) is 0 Å². The van der Waals surface area contributed by atoms with Crippen LogP contribution in [0.4, 0.5) is 0 Å². The molecule has 0 radical (unpaired) electrons. The van der Waals surface area contributed by atoms with Crippen molar-refractivity contribution >= 4 is 17.8 Å². The highest BCUT2D eigenvalue weighted by molar-refractivity contribution is 5.80. The van der Waals surface area contributed by atoms with Gasteiger partial charge in [-0.3, -0.25) is 14.4 Å². The molecule has 0 rings (SSSR count). The lowest BCUT2D eigenvalue weighted by Gasteiger charge is -2.18. The van der Waals surface area contributed by atoms with Gasteiger partial charge in [0.2, 0.25) is 5.91 Å². The van der Waals surface area contributed by atoms with Crippen molar-refractivity contribution in [2.24, 2.45) is 0 Å². The number of unbranched alkanes of at least 4 members (excludes halogenated alkanes) is 32. The number of carbonyl (C=O) groups is 3. The highest BCUT2D eigenvalue weighted by atomic mass is 16.5. The molecule has 0 aliphatic rings. The maximum absolute atomic E-state index is 12.8. The van der Waals surface area contributed by atoms with Crippen molar-refractivity contribution < 1.29 is 24.2 Å². The van der Waals surface area contributed by atoms with Gasteiger partial charge in [-0.05, 0) is 38.5 Å². The van der Waals surface area contributed by atoms with E-state index in [1.165, 1.54) is 173 Å². The average molecular weight is 736 g/mol. The summed E-state index contributed by atoms with van der Waals surface area (Å²) in [6.45, 7) is 4.26. The molecule has 6 heteroatoms. The number of carbonyl (C=O) groups excluding carboxylic acids is 2. The first-order valence-corrected chi connectivity index (χ1v) is 23.2. The number of rotatable bonds is 43. The summed E-state index contributed by atoms with van der Waals surface area (Å²) in [4.78, 5) is 35.1. The van der Waals surface area contributed by atoms with Gasteiger partial charge in [0.1, 0.15) is 12.6 Å². The van der Waals surface area contributed by atoms with Crippen LogP contribution in [-0.4, -0.2) is 35.6 Å². The molecule has 0 saturated heterocycles. The Morgan fingerprint density at radius 3 is 1.04 bits per heavy atom. The maximum Gasteiger partial charge on any atom is 0.322 e. The number of esters is 1. The van der Waals surface area contributed by atoms with Gasteiger partial charge in [0, 0.05) is 12.8 Å². The molecule has 0 aliphatic carbocycles. The molecule has 0 spiro atoms. The molecule has 308 valence electrons. The first kappa shape index (κ1) is 50.4. The van der Waals surface area contributed by atoms with E-state index in [0.717, 1.165) is 64.2 Å². The second-order valence-electron chi connectivity index (χ2n) is 16.0. The number of carboxylic acids is 1. The summed E-state index contributed by atoms with van der Waals surface area (Å²) in [6, 6.07) is 0. The molecule has 0 aromatic heterocycles. The minimum absolute atomic E-state index is 0.00639. The zero-order valence-electron chi connectivity index (χ0n) is 34.9. The molecule has 0 aromatic carbocycles. The van der Waals surface area contributed by atoms with Gasteiger partial charge in [0.15, 0.2) is 0 Å². The quantitative estimate of drug-likeness (QED) is 0.0480. The van der Waals surface area contributed by atoms with E-state index < -0.39 is 5.97 Å². The SMILES string of the molecule is CCCCCCCCCCCCCCCCCCC(=O)OC(CCCCCCCCCCCCCCCC)CCCCCCCC(=O)NCC(=O)O. The Kier molecular flexibility index (Phi) is 40.9. The van der Waals surface area contributed by atoms with Crippen LogP contribution in [0.15, 0.2) is 0 Å². The lowest BCUT2D eigenvalue weighted by atomic mass is 10.0. The van der Waals surface area contributed by atoms with E-state index in [2.05, 4.69) is 19.2 Å². The van der Waals surface area contributed by atoms with Crippen molar-refractivity contribution in [2.75, 3.05) is 6.54 Å². The van der Waals surface area contributed by atoms with Gasteiger partial charge in [-0.2, -0.15) is 0 Å². The molecule has 0 heterocycles. The molecule has 0 fully saturated rings. The Morgan fingerprint density at radius 1 is 0.423 bits per heavy atom. The van der Waals surface area contributed by atoms with Crippen LogP contribution in [0, 0.1) is 0 Å². The van der Waals surface area contributed by atoms with Gasteiger partial charge in [-0.25, -0.2) is 0 Å². The molecule has 1 amide bonds. The number of nitrogens with one attached hydrogen (secondary N) is 1. The molecule has 52 heavy (non-hydrogen) atoms. The Labute approximate surface area is 323 Å². The third-order valence-electron chi connectivity index (χ3n) is 10.8. The predicted octanol–water partition coefficient (Wildman–Crippen LogP) is 14.4. The third kappa shape index (κ3) is 41.2. The topological polar surface area (TPSA) is 92.7 Å². The summed E-state index contributed by atoms with van der Waals surface area (Å²) < 4.78 is 6.05. The number of carboxylic acid groups (broad SMARTS) is 1. The molecule has 0 aromatic rings.